The molecule has 0 bridgehead atoms. The number of nitrogens with zero attached hydrogens (tertiary/aromatic N) is 4. The van der Waals surface area contributed by atoms with Crippen molar-refractivity contribution in [2.24, 2.45) is 0 Å². The van der Waals surface area contributed by atoms with Crippen molar-refractivity contribution >= 4 is 45.8 Å². The topological polar surface area (TPSA) is 179 Å². The van der Waals surface area contributed by atoms with Gasteiger partial charge in [-0.2, -0.15) is 4.31 Å². The maximum atomic E-state index is 13.5. The number of carboxylic acids is 1. The van der Waals surface area contributed by atoms with Gasteiger partial charge in [0.2, 0.25) is 15.9 Å². The van der Waals surface area contributed by atoms with Gasteiger partial charge in [0, 0.05) is 56.3 Å². The van der Waals surface area contributed by atoms with E-state index in [9.17, 15) is 32.7 Å². The third-order valence-corrected chi connectivity index (χ3v) is 10.9. The lowest BCUT2D eigenvalue weighted by molar-refractivity contribution is -0.142. The summed E-state index contributed by atoms with van der Waals surface area (Å²) in [6, 6.07) is 6.46. The molecule has 0 saturated carbocycles. The lowest BCUT2D eigenvalue weighted by atomic mass is 10.0. The standard InChI is InChI=1S/C29H38N6O8S2/c1-4-11-31-27(39)33-13-15-34(16-14-33)28(40)43-21-9-7-20(8-10-21)17-23(26(37)38)32-25(36)24-29(2,3)44-19-35(24)45(41,42)22-6-5-12-30-18-22/h5-10,12,18,23-24H,4,11,13-17,19H2,1-3H3,(H,31,39)(H,32,36)(H,37,38)/t23-,24+/m0/s1. The molecule has 2 aliphatic rings. The smallest absolute Gasteiger partial charge is 0.415 e. The molecule has 4 rings (SSSR count). The second-order valence-electron chi connectivity index (χ2n) is 11.2. The molecule has 3 heterocycles. The van der Waals surface area contributed by atoms with Gasteiger partial charge >= 0.3 is 18.1 Å². The van der Waals surface area contributed by atoms with E-state index in [1.54, 1.807) is 30.9 Å². The summed E-state index contributed by atoms with van der Waals surface area (Å²) >= 11 is 1.28. The molecule has 45 heavy (non-hydrogen) atoms. The molecule has 2 aliphatic heterocycles. The number of hydrogen-bond donors (Lipinski definition) is 3. The highest BCUT2D eigenvalue weighted by molar-refractivity contribution is 8.02. The van der Waals surface area contributed by atoms with E-state index in [4.69, 9.17) is 4.74 Å². The highest BCUT2D eigenvalue weighted by Crippen LogP contribution is 2.42. The minimum Gasteiger partial charge on any atom is -0.480 e. The van der Waals surface area contributed by atoms with E-state index in [-0.39, 0.29) is 29.0 Å². The zero-order chi connectivity index (χ0) is 32.8. The van der Waals surface area contributed by atoms with Crippen LogP contribution in [0, 0.1) is 0 Å². The van der Waals surface area contributed by atoms with Crippen LogP contribution >= 0.6 is 11.8 Å². The number of benzene rings is 1. The number of carbonyl (C=O) groups excluding carboxylic acids is 3. The fraction of sp³-hybridized carbons (Fsp3) is 0.483. The number of aliphatic carboxylic acids is 1. The van der Waals surface area contributed by atoms with Crippen LogP contribution in [0.5, 0.6) is 5.75 Å². The van der Waals surface area contributed by atoms with Gasteiger partial charge in [0.15, 0.2) is 0 Å². The fourth-order valence-electron chi connectivity index (χ4n) is 5.00. The average molecular weight is 663 g/mol. The van der Waals surface area contributed by atoms with Crippen LogP contribution in [-0.2, 0) is 26.0 Å². The van der Waals surface area contributed by atoms with E-state index in [0.717, 1.165) is 10.7 Å². The summed E-state index contributed by atoms with van der Waals surface area (Å²) in [6.07, 6.45) is 2.83. The van der Waals surface area contributed by atoms with Crippen LogP contribution in [0.15, 0.2) is 53.7 Å². The maximum Gasteiger partial charge on any atom is 0.415 e. The van der Waals surface area contributed by atoms with Crippen molar-refractivity contribution in [2.75, 3.05) is 38.6 Å². The van der Waals surface area contributed by atoms with Crippen molar-refractivity contribution in [3.8, 4) is 5.75 Å². The number of aromatic nitrogens is 1. The van der Waals surface area contributed by atoms with E-state index in [0.29, 0.717) is 38.3 Å². The second-order valence-corrected chi connectivity index (χ2v) is 14.7. The maximum absolute atomic E-state index is 13.5. The Kier molecular flexibility index (Phi) is 10.9. The molecule has 2 aromatic rings. The Morgan fingerprint density at radius 1 is 1.09 bits per heavy atom. The van der Waals surface area contributed by atoms with Crippen molar-refractivity contribution < 1.29 is 37.4 Å². The summed E-state index contributed by atoms with van der Waals surface area (Å²) in [5, 5.41) is 15.3. The Hall–Kier alpha value is -3.89. The van der Waals surface area contributed by atoms with E-state index < -0.39 is 44.8 Å². The van der Waals surface area contributed by atoms with Gasteiger partial charge in [-0.25, -0.2) is 22.8 Å². The zero-order valence-corrected chi connectivity index (χ0v) is 27.0. The number of amides is 4. The first kappa shape index (κ1) is 34.0. The summed E-state index contributed by atoms with van der Waals surface area (Å²) in [6.45, 7) is 7.45. The van der Waals surface area contributed by atoms with E-state index in [2.05, 4.69) is 15.6 Å². The molecule has 244 valence electrons. The number of carbonyl (C=O) groups is 4. The Bertz CT molecular complexity index is 1480. The zero-order valence-electron chi connectivity index (χ0n) is 25.3. The van der Waals surface area contributed by atoms with Crippen LogP contribution in [0.4, 0.5) is 9.59 Å². The Labute approximate surface area is 266 Å². The number of sulfonamides is 1. The highest BCUT2D eigenvalue weighted by atomic mass is 32.2. The second kappa shape index (κ2) is 14.5. The molecular formula is C29H38N6O8S2. The Morgan fingerprint density at radius 2 is 1.76 bits per heavy atom. The SMILES string of the molecule is CCCNC(=O)N1CCN(C(=O)Oc2ccc(C[C@H](NC(=O)[C@H]3N(S(=O)(=O)c4cccnc4)CSC3(C)C)C(=O)O)cc2)CC1. The number of urea groups is 1. The van der Waals surface area contributed by atoms with E-state index >= 15 is 0 Å². The minimum absolute atomic E-state index is 0.0181. The molecular weight excluding hydrogens is 624 g/mol. The number of pyridine rings is 1. The number of nitrogens with one attached hydrogen (secondary N) is 2. The van der Waals surface area contributed by atoms with Gasteiger partial charge in [0.25, 0.3) is 0 Å². The van der Waals surface area contributed by atoms with E-state index in [1.807, 2.05) is 6.92 Å². The number of carboxylic acid groups (broad SMARTS) is 1. The van der Waals surface area contributed by atoms with Crippen LogP contribution in [-0.4, -0.2) is 112 Å². The quantitative estimate of drug-likeness (QED) is 0.341. The normalized spacial score (nSPS) is 19.0. The molecule has 0 unspecified atom stereocenters. The highest BCUT2D eigenvalue weighted by Gasteiger charge is 2.51. The summed E-state index contributed by atoms with van der Waals surface area (Å²) in [4.78, 5) is 57.4. The molecule has 0 radical (unpaired) electrons. The number of piperazine rings is 1. The number of thioether (sulfide) groups is 1. The first-order valence-corrected chi connectivity index (χ1v) is 16.9. The summed E-state index contributed by atoms with van der Waals surface area (Å²) in [5.41, 5.74) is 0.550. The minimum atomic E-state index is -4.08. The molecule has 4 amide bonds. The molecule has 0 aliphatic carbocycles. The van der Waals surface area contributed by atoms with Gasteiger partial charge in [0.1, 0.15) is 22.7 Å². The summed E-state index contributed by atoms with van der Waals surface area (Å²) in [7, 11) is -4.08. The van der Waals surface area contributed by atoms with Crippen LogP contribution in [0.25, 0.3) is 0 Å². The fourth-order valence-corrected chi connectivity index (χ4v) is 8.13. The molecule has 1 aromatic heterocycles. The van der Waals surface area contributed by atoms with Crippen LogP contribution in [0.1, 0.15) is 32.8 Å². The number of ether oxygens (including phenoxy) is 1. The average Bonchev–Trinajstić information content (AvgIpc) is 3.36. The first-order chi connectivity index (χ1) is 21.3. The van der Waals surface area contributed by atoms with Crippen molar-refractivity contribution in [1.29, 1.82) is 0 Å². The molecule has 3 N–H and O–H groups in total. The predicted octanol–water partition coefficient (Wildman–Crippen LogP) is 1.97. The van der Waals surface area contributed by atoms with Gasteiger partial charge in [-0.05, 0) is 50.1 Å². The molecule has 0 spiro atoms. The van der Waals surface area contributed by atoms with Gasteiger partial charge in [0.05, 0.1) is 5.88 Å². The van der Waals surface area contributed by atoms with Gasteiger partial charge in [-0.3, -0.25) is 9.78 Å². The van der Waals surface area contributed by atoms with Gasteiger partial charge < -0.3 is 30.3 Å². The third-order valence-electron chi connectivity index (χ3n) is 7.53. The summed E-state index contributed by atoms with van der Waals surface area (Å²) < 4.78 is 32.4. The first-order valence-electron chi connectivity index (χ1n) is 14.5. The van der Waals surface area contributed by atoms with Crippen molar-refractivity contribution in [2.45, 2.75) is 55.3 Å². The third kappa shape index (κ3) is 8.23. The largest absolute Gasteiger partial charge is 0.480 e. The van der Waals surface area contributed by atoms with E-state index in [1.165, 1.54) is 53.3 Å². The lowest BCUT2D eigenvalue weighted by Gasteiger charge is -2.34. The van der Waals surface area contributed by atoms with Crippen LogP contribution < -0.4 is 15.4 Å². The molecule has 1 aromatic carbocycles. The number of hydrogen-bond acceptors (Lipinski definition) is 9. The molecule has 2 saturated heterocycles. The molecule has 16 heteroatoms. The summed E-state index contributed by atoms with van der Waals surface area (Å²) in [5.74, 6) is -1.74. The van der Waals surface area contributed by atoms with Crippen LogP contribution in [0.2, 0.25) is 0 Å². The van der Waals surface area contributed by atoms with Crippen LogP contribution in [0.3, 0.4) is 0 Å². The number of rotatable bonds is 10. The van der Waals surface area contributed by atoms with Gasteiger partial charge in [-0.15, -0.1) is 11.8 Å². The lowest BCUT2D eigenvalue weighted by Crippen LogP contribution is -2.56. The molecule has 2 fully saturated rings. The monoisotopic (exact) mass is 662 g/mol. The predicted molar refractivity (Wildman–Crippen MR) is 166 cm³/mol. The Balaban J connectivity index is 1.36. The van der Waals surface area contributed by atoms with Gasteiger partial charge in [-0.1, -0.05) is 19.1 Å². The Morgan fingerprint density at radius 3 is 2.36 bits per heavy atom. The van der Waals surface area contributed by atoms with Crippen molar-refractivity contribution in [1.82, 2.24) is 29.7 Å². The molecule has 14 nitrogen and oxygen atoms in total. The molecule has 2 atom stereocenters. The van der Waals surface area contributed by atoms with Crippen molar-refractivity contribution in [3.63, 3.8) is 0 Å². The van der Waals surface area contributed by atoms with Crippen molar-refractivity contribution in [3.05, 3.63) is 54.4 Å².